The van der Waals surface area contributed by atoms with Crippen molar-refractivity contribution in [3.05, 3.63) is 41.7 Å². The summed E-state index contributed by atoms with van der Waals surface area (Å²) in [5.74, 6) is 1.80. The molecule has 1 saturated carbocycles. The maximum Gasteiger partial charge on any atom is 0.238 e. The Kier molecular flexibility index (Phi) is 4.34. The Bertz CT molecular complexity index is 698. The third-order valence-corrected chi connectivity index (χ3v) is 5.14. The second kappa shape index (κ2) is 6.77. The molecule has 2 heterocycles. The van der Waals surface area contributed by atoms with E-state index in [4.69, 9.17) is 9.47 Å². The van der Waals surface area contributed by atoms with Crippen molar-refractivity contribution in [1.82, 2.24) is 14.9 Å². The average molecular weight is 325 g/mol. The Balaban J connectivity index is 1.46. The molecule has 1 aliphatic heterocycles. The van der Waals surface area contributed by atoms with Crippen molar-refractivity contribution in [2.24, 2.45) is 0 Å². The lowest BCUT2D eigenvalue weighted by molar-refractivity contribution is 0.133. The van der Waals surface area contributed by atoms with E-state index in [1.807, 2.05) is 6.07 Å². The zero-order valence-corrected chi connectivity index (χ0v) is 14.1. The highest BCUT2D eigenvalue weighted by molar-refractivity contribution is 5.38. The summed E-state index contributed by atoms with van der Waals surface area (Å²) in [6, 6.07) is 7.21. The van der Waals surface area contributed by atoms with Crippen molar-refractivity contribution in [3.8, 4) is 17.5 Å². The van der Waals surface area contributed by atoms with Gasteiger partial charge in [0.2, 0.25) is 11.8 Å². The molecule has 0 N–H and O–H groups in total. The van der Waals surface area contributed by atoms with Gasteiger partial charge in [-0.25, -0.2) is 9.97 Å². The third kappa shape index (κ3) is 3.22. The average Bonchev–Trinajstić information content (AvgIpc) is 2.77. The smallest absolute Gasteiger partial charge is 0.238 e. The second-order valence-corrected chi connectivity index (χ2v) is 6.55. The largest absolute Gasteiger partial charge is 0.480 e. The van der Waals surface area contributed by atoms with Crippen LogP contribution >= 0.6 is 0 Å². The molecule has 0 radical (unpaired) electrons. The number of methoxy groups -OCH3 is 1. The summed E-state index contributed by atoms with van der Waals surface area (Å²) in [6.45, 7) is 2.34. The lowest BCUT2D eigenvalue weighted by atomic mass is 9.91. The fraction of sp³-hybridized carbons (Fsp3) is 0.474. The summed E-state index contributed by atoms with van der Waals surface area (Å²) in [5, 5.41) is 0. The topological polar surface area (TPSA) is 47.5 Å². The first-order valence-corrected chi connectivity index (χ1v) is 8.71. The van der Waals surface area contributed by atoms with Crippen molar-refractivity contribution < 1.29 is 9.47 Å². The highest BCUT2D eigenvalue weighted by Gasteiger charge is 2.26. The molecular weight excluding hydrogens is 302 g/mol. The van der Waals surface area contributed by atoms with Gasteiger partial charge in [-0.2, -0.15) is 0 Å². The summed E-state index contributed by atoms with van der Waals surface area (Å²) in [5.41, 5.74) is 2.85. The standard InChI is InChI=1S/C19H23N3O2/c1-23-18-12-21-19(13-20-18)24-17-6-5-14-7-9-22(16-3-2-4-16)10-8-15(14)11-17/h5-6,11-13,16H,2-4,7-10H2,1H3. The molecule has 4 rings (SSSR count). The van der Waals surface area contributed by atoms with Crippen LogP contribution in [-0.2, 0) is 12.8 Å². The predicted octanol–water partition coefficient (Wildman–Crippen LogP) is 3.23. The molecule has 0 spiro atoms. The van der Waals surface area contributed by atoms with E-state index in [1.165, 1.54) is 36.9 Å². The molecule has 0 bridgehead atoms. The van der Waals surface area contributed by atoms with Crippen molar-refractivity contribution in [2.45, 2.75) is 38.1 Å². The van der Waals surface area contributed by atoms with Gasteiger partial charge in [-0.05, 0) is 48.9 Å². The van der Waals surface area contributed by atoms with E-state index in [0.29, 0.717) is 11.8 Å². The first-order valence-electron chi connectivity index (χ1n) is 8.71. The van der Waals surface area contributed by atoms with E-state index in [9.17, 15) is 0 Å². The van der Waals surface area contributed by atoms with E-state index >= 15 is 0 Å². The molecular formula is C19H23N3O2. The maximum atomic E-state index is 5.85. The molecule has 1 aromatic carbocycles. The summed E-state index contributed by atoms with van der Waals surface area (Å²) in [4.78, 5) is 11.0. The van der Waals surface area contributed by atoms with Gasteiger partial charge in [-0.1, -0.05) is 12.5 Å². The van der Waals surface area contributed by atoms with Gasteiger partial charge in [0.1, 0.15) is 5.75 Å². The first-order chi connectivity index (χ1) is 11.8. The van der Waals surface area contributed by atoms with E-state index < -0.39 is 0 Å². The van der Waals surface area contributed by atoms with Crippen molar-refractivity contribution in [1.29, 1.82) is 0 Å². The number of benzene rings is 1. The van der Waals surface area contributed by atoms with Gasteiger partial charge in [0, 0.05) is 19.1 Å². The number of hydrogen-bond acceptors (Lipinski definition) is 5. The summed E-state index contributed by atoms with van der Waals surface area (Å²) in [7, 11) is 1.57. The Morgan fingerprint density at radius 2 is 1.75 bits per heavy atom. The molecule has 1 aliphatic carbocycles. The van der Waals surface area contributed by atoms with Gasteiger partial charge < -0.3 is 9.47 Å². The summed E-state index contributed by atoms with van der Waals surface area (Å²) < 4.78 is 10.9. The van der Waals surface area contributed by atoms with Crippen LogP contribution < -0.4 is 9.47 Å². The predicted molar refractivity (Wildman–Crippen MR) is 91.7 cm³/mol. The molecule has 5 nitrogen and oxygen atoms in total. The minimum atomic E-state index is 0.486. The molecule has 126 valence electrons. The Morgan fingerprint density at radius 3 is 2.42 bits per heavy atom. The molecule has 0 amide bonds. The number of rotatable bonds is 4. The number of aromatic nitrogens is 2. The van der Waals surface area contributed by atoms with Gasteiger partial charge in [-0.15, -0.1) is 0 Å². The van der Waals surface area contributed by atoms with Crippen LogP contribution in [-0.4, -0.2) is 41.1 Å². The zero-order chi connectivity index (χ0) is 16.4. The number of nitrogens with zero attached hydrogens (tertiary/aromatic N) is 3. The van der Waals surface area contributed by atoms with Gasteiger partial charge in [0.25, 0.3) is 0 Å². The Hall–Kier alpha value is -2.14. The van der Waals surface area contributed by atoms with E-state index in [2.05, 4.69) is 27.0 Å². The quantitative estimate of drug-likeness (QED) is 0.864. The molecule has 0 unspecified atom stereocenters. The Morgan fingerprint density at radius 1 is 1.00 bits per heavy atom. The molecule has 0 saturated heterocycles. The van der Waals surface area contributed by atoms with Crippen LogP contribution in [0.25, 0.3) is 0 Å². The van der Waals surface area contributed by atoms with Crippen molar-refractivity contribution >= 4 is 0 Å². The number of hydrogen-bond donors (Lipinski definition) is 0. The van der Waals surface area contributed by atoms with Crippen LogP contribution in [0.2, 0.25) is 0 Å². The summed E-state index contributed by atoms with van der Waals surface area (Å²) >= 11 is 0. The molecule has 2 aliphatic rings. The number of ether oxygens (including phenoxy) is 2. The minimum Gasteiger partial charge on any atom is -0.480 e. The fourth-order valence-corrected chi connectivity index (χ4v) is 3.48. The molecule has 2 aromatic rings. The van der Waals surface area contributed by atoms with Gasteiger partial charge in [0.15, 0.2) is 0 Å². The zero-order valence-electron chi connectivity index (χ0n) is 14.1. The van der Waals surface area contributed by atoms with Crippen LogP contribution in [0.5, 0.6) is 17.5 Å². The van der Waals surface area contributed by atoms with Gasteiger partial charge in [0.05, 0.1) is 19.5 Å². The van der Waals surface area contributed by atoms with E-state index in [1.54, 1.807) is 19.5 Å². The lowest BCUT2D eigenvalue weighted by Crippen LogP contribution is -2.41. The first kappa shape index (κ1) is 15.4. The van der Waals surface area contributed by atoms with E-state index in [0.717, 1.165) is 31.2 Å². The fourth-order valence-electron chi connectivity index (χ4n) is 3.48. The molecule has 24 heavy (non-hydrogen) atoms. The van der Waals surface area contributed by atoms with E-state index in [-0.39, 0.29) is 0 Å². The normalized spacial score (nSPS) is 18.4. The van der Waals surface area contributed by atoms with Crippen LogP contribution in [0.15, 0.2) is 30.6 Å². The highest BCUT2D eigenvalue weighted by Crippen LogP contribution is 2.29. The van der Waals surface area contributed by atoms with Gasteiger partial charge >= 0.3 is 0 Å². The molecule has 1 fully saturated rings. The third-order valence-electron chi connectivity index (χ3n) is 5.14. The molecule has 1 aromatic heterocycles. The van der Waals surface area contributed by atoms with Gasteiger partial charge in [-0.3, -0.25) is 4.90 Å². The highest BCUT2D eigenvalue weighted by atomic mass is 16.5. The Labute approximate surface area is 142 Å². The minimum absolute atomic E-state index is 0.486. The monoisotopic (exact) mass is 325 g/mol. The number of fused-ring (bicyclic) bond motifs is 1. The SMILES string of the molecule is COc1cnc(Oc2ccc3c(c2)CCN(C2CCC2)CC3)cn1. The molecule has 5 heteroatoms. The maximum absolute atomic E-state index is 5.85. The van der Waals surface area contributed by atoms with Crippen molar-refractivity contribution in [3.63, 3.8) is 0 Å². The van der Waals surface area contributed by atoms with Crippen LogP contribution in [0.1, 0.15) is 30.4 Å². The van der Waals surface area contributed by atoms with Crippen LogP contribution in [0, 0.1) is 0 Å². The summed E-state index contributed by atoms with van der Waals surface area (Å²) in [6.07, 6.45) is 9.53. The molecule has 0 atom stereocenters. The van der Waals surface area contributed by atoms with Crippen LogP contribution in [0.3, 0.4) is 0 Å². The van der Waals surface area contributed by atoms with Crippen molar-refractivity contribution in [2.75, 3.05) is 20.2 Å². The second-order valence-electron chi connectivity index (χ2n) is 6.55. The lowest BCUT2D eigenvalue weighted by Gasteiger charge is -2.36. The van der Waals surface area contributed by atoms with Crippen LogP contribution in [0.4, 0.5) is 0 Å².